The van der Waals surface area contributed by atoms with Crippen LogP contribution in [0.3, 0.4) is 0 Å². The van der Waals surface area contributed by atoms with E-state index >= 15 is 0 Å². The number of hydrogen-bond donors (Lipinski definition) is 3. The van der Waals surface area contributed by atoms with Gasteiger partial charge in [-0.3, -0.25) is 0 Å². The van der Waals surface area contributed by atoms with Gasteiger partial charge in [0, 0.05) is 47.7 Å². The second-order valence-electron chi connectivity index (χ2n) is 19.3. The molecular formula is C37H74N8. The minimum Gasteiger partial charge on any atom is -0.349 e. The summed E-state index contributed by atoms with van der Waals surface area (Å²) >= 11 is 0. The molecule has 3 rings (SSSR count). The molecule has 0 atom stereocenters. The van der Waals surface area contributed by atoms with Crippen molar-refractivity contribution >= 4 is 11.9 Å². The first-order valence-corrected chi connectivity index (χ1v) is 17.9. The number of aryl methyl sites for hydroxylation is 1. The number of hydrogen-bond acceptors (Lipinski definition) is 8. The van der Waals surface area contributed by atoms with Crippen molar-refractivity contribution < 1.29 is 1.43 Å². The van der Waals surface area contributed by atoms with Crippen molar-refractivity contribution in [3.8, 4) is 0 Å². The second kappa shape index (κ2) is 13.9. The molecule has 0 radical (unpaired) electrons. The Morgan fingerprint density at radius 3 is 1.67 bits per heavy atom. The Hall–Kier alpha value is -1.51. The first-order valence-electron chi connectivity index (χ1n) is 17.9. The van der Waals surface area contributed by atoms with Gasteiger partial charge in [-0.15, -0.1) is 0 Å². The molecule has 0 aromatic carbocycles. The van der Waals surface area contributed by atoms with E-state index in [2.05, 4.69) is 123 Å². The molecule has 0 amide bonds. The number of unbranched alkanes of at least 4 members (excludes halogenated alkanes) is 3. The Labute approximate surface area is 279 Å². The molecule has 8 heteroatoms. The summed E-state index contributed by atoms with van der Waals surface area (Å²) in [7, 11) is 2.34. The lowest BCUT2D eigenvalue weighted by Gasteiger charge is -2.49. The van der Waals surface area contributed by atoms with Crippen LogP contribution in [0.2, 0.25) is 0 Å². The predicted molar refractivity (Wildman–Crippen MR) is 196 cm³/mol. The van der Waals surface area contributed by atoms with Crippen LogP contribution < -0.4 is 20.9 Å². The van der Waals surface area contributed by atoms with E-state index in [9.17, 15) is 0 Å². The van der Waals surface area contributed by atoms with Crippen molar-refractivity contribution in [1.82, 2.24) is 30.5 Å². The molecule has 262 valence electrons. The van der Waals surface area contributed by atoms with Crippen LogP contribution in [0.5, 0.6) is 0 Å². The fourth-order valence-corrected chi connectivity index (χ4v) is 9.02. The van der Waals surface area contributed by atoms with E-state index in [1.54, 1.807) is 0 Å². The highest BCUT2D eigenvalue weighted by Crippen LogP contribution is 2.35. The minimum atomic E-state index is -0.125. The van der Waals surface area contributed by atoms with E-state index in [4.69, 9.17) is 15.0 Å². The van der Waals surface area contributed by atoms with Gasteiger partial charge in [-0.25, -0.2) is 0 Å². The summed E-state index contributed by atoms with van der Waals surface area (Å²) in [5, 5.41) is 11.4. The lowest BCUT2D eigenvalue weighted by molar-refractivity contribution is 0.0805. The number of anilines is 2. The molecule has 2 aliphatic heterocycles. The van der Waals surface area contributed by atoms with Crippen LogP contribution in [-0.4, -0.2) is 79.8 Å². The van der Waals surface area contributed by atoms with Crippen LogP contribution >= 0.6 is 0 Å². The summed E-state index contributed by atoms with van der Waals surface area (Å²) in [4.78, 5) is 19.9. The number of rotatable bonds is 13. The molecule has 0 aliphatic carbocycles. The Morgan fingerprint density at radius 1 is 0.711 bits per heavy atom. The molecular weight excluding hydrogens is 556 g/mol. The predicted octanol–water partition coefficient (Wildman–Crippen LogP) is 7.97. The van der Waals surface area contributed by atoms with E-state index in [-0.39, 0.29) is 34.5 Å². The molecule has 2 fully saturated rings. The maximum Gasteiger partial charge on any atom is 0.230 e. The number of nitrogens with one attached hydrogen (secondary N) is 3. The van der Waals surface area contributed by atoms with Gasteiger partial charge in [-0.05, 0) is 140 Å². The molecule has 2 saturated heterocycles. The van der Waals surface area contributed by atoms with Gasteiger partial charge in [0.05, 0.1) is 0 Å². The van der Waals surface area contributed by atoms with Gasteiger partial charge in [0.25, 0.3) is 0 Å². The molecule has 8 nitrogen and oxygen atoms in total. The van der Waals surface area contributed by atoms with Gasteiger partial charge >= 0.3 is 0 Å². The molecule has 0 unspecified atom stereocenters. The number of piperidine rings is 2. The average molecular weight is 631 g/mol. The molecule has 0 saturated carbocycles. The summed E-state index contributed by atoms with van der Waals surface area (Å²) in [6, 6.07) is 1.01. The standard InChI is InChI=1S/C37H72N8.H2/c1-27-38-30(41-37(13,14)26-32(2,3)4)40-31(39-27)45(29-24-35(9,10)43-36(11,12)25-29)21-19-17-16-18-20-44(15)28-22-33(5,6)42-34(7,8)23-28;/h28-29,42-43H,16-26H2,1-15H3,(H,38,39,40,41);1H. The molecule has 1 aromatic heterocycles. The van der Waals surface area contributed by atoms with Gasteiger partial charge in [0.15, 0.2) is 0 Å². The SMILES string of the molecule is Cc1nc(NC(C)(C)CC(C)(C)C)nc(N(CCCCCCN(C)C2CC(C)(C)NC(C)(C)C2)C2CC(C)(C)NC(C)(C)C2)n1.[HH]. The lowest BCUT2D eigenvalue weighted by atomic mass is 9.79. The third-order valence-corrected chi connectivity index (χ3v) is 9.48. The topological polar surface area (TPSA) is 81.2 Å². The molecule has 0 spiro atoms. The van der Waals surface area contributed by atoms with Crippen LogP contribution in [0.4, 0.5) is 11.9 Å². The lowest BCUT2D eigenvalue weighted by Crippen LogP contribution is -2.62. The van der Waals surface area contributed by atoms with Crippen molar-refractivity contribution in [3.63, 3.8) is 0 Å². The van der Waals surface area contributed by atoms with Crippen molar-refractivity contribution in [1.29, 1.82) is 0 Å². The van der Waals surface area contributed by atoms with Crippen LogP contribution in [-0.2, 0) is 0 Å². The molecule has 3 heterocycles. The van der Waals surface area contributed by atoms with Crippen LogP contribution in [0.15, 0.2) is 0 Å². The van der Waals surface area contributed by atoms with E-state index < -0.39 is 0 Å². The fraction of sp³-hybridized carbons (Fsp3) is 0.919. The summed E-state index contributed by atoms with van der Waals surface area (Å²) in [5.41, 5.74) is 0.546. The average Bonchev–Trinajstić information content (AvgIpc) is 2.76. The van der Waals surface area contributed by atoms with Crippen LogP contribution in [0.25, 0.3) is 0 Å². The van der Waals surface area contributed by atoms with Crippen molar-refractivity contribution in [2.45, 2.75) is 194 Å². The monoisotopic (exact) mass is 631 g/mol. The smallest absolute Gasteiger partial charge is 0.230 e. The van der Waals surface area contributed by atoms with E-state index in [1.165, 1.54) is 38.6 Å². The third kappa shape index (κ3) is 12.6. The van der Waals surface area contributed by atoms with Gasteiger partial charge < -0.3 is 25.8 Å². The van der Waals surface area contributed by atoms with Gasteiger partial charge in [0.2, 0.25) is 11.9 Å². The third-order valence-electron chi connectivity index (χ3n) is 9.48. The highest BCUT2D eigenvalue weighted by atomic mass is 15.3. The summed E-state index contributed by atoms with van der Waals surface area (Å²) in [6.45, 7) is 34.2. The quantitative estimate of drug-likeness (QED) is 0.189. The van der Waals surface area contributed by atoms with Crippen molar-refractivity contribution in [2.24, 2.45) is 5.41 Å². The van der Waals surface area contributed by atoms with E-state index in [1.807, 2.05) is 6.92 Å². The van der Waals surface area contributed by atoms with E-state index in [0.29, 0.717) is 18.0 Å². The Kier molecular flexibility index (Phi) is 11.7. The van der Waals surface area contributed by atoms with Gasteiger partial charge in [0.1, 0.15) is 5.82 Å². The molecule has 2 aliphatic rings. The summed E-state index contributed by atoms with van der Waals surface area (Å²) in [6.07, 6.45) is 10.4. The van der Waals surface area contributed by atoms with Gasteiger partial charge in [-0.1, -0.05) is 33.6 Å². The molecule has 45 heavy (non-hydrogen) atoms. The molecule has 0 bridgehead atoms. The Morgan fingerprint density at radius 2 is 1.18 bits per heavy atom. The Bertz CT molecular complexity index is 1080. The first kappa shape index (κ1) is 37.9. The highest BCUT2D eigenvalue weighted by molar-refractivity contribution is 5.40. The van der Waals surface area contributed by atoms with Crippen molar-refractivity contribution in [3.05, 3.63) is 5.82 Å². The van der Waals surface area contributed by atoms with E-state index in [0.717, 1.165) is 44.0 Å². The zero-order chi connectivity index (χ0) is 34.1. The first-order chi connectivity index (χ1) is 20.4. The zero-order valence-corrected chi connectivity index (χ0v) is 32.2. The Balaban J connectivity index is 0.00000736. The number of aromatic nitrogens is 3. The highest BCUT2D eigenvalue weighted by Gasteiger charge is 2.41. The van der Waals surface area contributed by atoms with Crippen LogP contribution in [0, 0.1) is 12.3 Å². The molecule has 3 N–H and O–H groups in total. The largest absolute Gasteiger partial charge is 0.349 e. The van der Waals surface area contributed by atoms with Gasteiger partial charge in [-0.2, -0.15) is 15.0 Å². The normalized spacial score (nSPS) is 22.0. The fourth-order valence-electron chi connectivity index (χ4n) is 9.02. The number of nitrogens with zero attached hydrogens (tertiary/aromatic N) is 5. The zero-order valence-electron chi connectivity index (χ0n) is 32.2. The maximum atomic E-state index is 5.09. The second-order valence-corrected chi connectivity index (χ2v) is 19.3. The maximum absolute atomic E-state index is 5.09. The molecule has 1 aromatic rings. The minimum absolute atomic E-state index is 0. The van der Waals surface area contributed by atoms with Crippen molar-refractivity contribution in [2.75, 3.05) is 30.4 Å². The summed E-state index contributed by atoms with van der Waals surface area (Å²) < 4.78 is 0. The summed E-state index contributed by atoms with van der Waals surface area (Å²) in [5.74, 6) is 2.29. The van der Waals surface area contributed by atoms with Crippen LogP contribution in [0.1, 0.15) is 155 Å².